The second-order valence-electron chi connectivity index (χ2n) is 5.35. The topological polar surface area (TPSA) is 86.9 Å². The smallest absolute Gasteiger partial charge is 0.268 e. The number of carbonyl (C=O) groups is 2. The zero-order valence-electron chi connectivity index (χ0n) is 13.2. The summed E-state index contributed by atoms with van der Waals surface area (Å²) in [5.41, 5.74) is 1.33. The van der Waals surface area contributed by atoms with Crippen molar-refractivity contribution in [2.45, 2.75) is 19.4 Å². The molecule has 7 heteroatoms. The van der Waals surface area contributed by atoms with Crippen LogP contribution in [-0.2, 0) is 4.79 Å². The number of hydrogen-bond donors (Lipinski definition) is 3. The third kappa shape index (κ3) is 3.62. The zero-order valence-corrected chi connectivity index (χ0v) is 14.0. The molecule has 124 valence electrons. The first-order valence-corrected chi connectivity index (χ1v) is 8.60. The van der Waals surface area contributed by atoms with Crippen molar-refractivity contribution in [1.82, 2.24) is 20.6 Å². The molecule has 0 saturated carbocycles. The maximum Gasteiger partial charge on any atom is 0.268 e. The minimum absolute atomic E-state index is 0.0733. The number of aromatic nitrogens is 2. The number of rotatable bonds is 6. The fraction of sp³-hybridized carbons (Fsp3) is 0.235. The van der Waals surface area contributed by atoms with E-state index in [0.717, 1.165) is 22.3 Å². The molecule has 2 aromatic heterocycles. The van der Waals surface area contributed by atoms with E-state index in [2.05, 4.69) is 20.6 Å². The molecule has 0 aliphatic heterocycles. The maximum atomic E-state index is 12.2. The summed E-state index contributed by atoms with van der Waals surface area (Å²) in [5, 5.41) is 9.23. The molecule has 6 nitrogen and oxygen atoms in total. The Hall–Kier alpha value is -2.67. The van der Waals surface area contributed by atoms with E-state index in [1.54, 1.807) is 12.3 Å². The highest BCUT2D eigenvalue weighted by molar-refractivity contribution is 7.09. The molecule has 0 fully saturated rings. The lowest BCUT2D eigenvalue weighted by Gasteiger charge is -2.14. The molecule has 0 spiro atoms. The molecule has 3 N–H and O–H groups in total. The molecule has 0 unspecified atom stereocenters. The lowest BCUT2D eigenvalue weighted by Crippen LogP contribution is -2.38. The van der Waals surface area contributed by atoms with E-state index in [1.165, 1.54) is 11.3 Å². The molecule has 0 bridgehead atoms. The minimum Gasteiger partial charge on any atom is -0.351 e. The number of para-hydroxylation sites is 1. The largest absolute Gasteiger partial charge is 0.351 e. The molecule has 0 radical (unpaired) electrons. The first kappa shape index (κ1) is 16.2. The highest BCUT2D eigenvalue weighted by Gasteiger charge is 2.16. The van der Waals surface area contributed by atoms with Crippen molar-refractivity contribution in [1.29, 1.82) is 0 Å². The second-order valence-corrected chi connectivity index (χ2v) is 6.28. The Balaban J connectivity index is 1.56. The summed E-state index contributed by atoms with van der Waals surface area (Å²) in [6.07, 6.45) is 2.46. The van der Waals surface area contributed by atoms with E-state index >= 15 is 0 Å². The van der Waals surface area contributed by atoms with Gasteiger partial charge in [-0.2, -0.15) is 0 Å². The van der Waals surface area contributed by atoms with Gasteiger partial charge in [0.2, 0.25) is 5.91 Å². The van der Waals surface area contributed by atoms with Crippen molar-refractivity contribution < 1.29 is 9.59 Å². The van der Waals surface area contributed by atoms with E-state index in [4.69, 9.17) is 0 Å². The summed E-state index contributed by atoms with van der Waals surface area (Å²) < 4.78 is 0. The average molecular weight is 342 g/mol. The van der Waals surface area contributed by atoms with Crippen LogP contribution < -0.4 is 10.6 Å². The number of nitrogens with zero attached hydrogens (tertiary/aromatic N) is 1. The van der Waals surface area contributed by atoms with Gasteiger partial charge in [0.15, 0.2) is 0 Å². The summed E-state index contributed by atoms with van der Waals surface area (Å²) in [6, 6.07) is 9.29. The third-order valence-electron chi connectivity index (χ3n) is 3.68. The molecule has 0 saturated heterocycles. The van der Waals surface area contributed by atoms with Crippen LogP contribution in [0.15, 0.2) is 41.9 Å². The van der Waals surface area contributed by atoms with Gasteiger partial charge in [0.05, 0.1) is 12.6 Å². The van der Waals surface area contributed by atoms with Crippen LogP contribution in [-0.4, -0.2) is 28.3 Å². The highest BCUT2D eigenvalue weighted by atomic mass is 32.1. The summed E-state index contributed by atoms with van der Waals surface area (Å²) in [7, 11) is 0. The fourth-order valence-electron chi connectivity index (χ4n) is 2.44. The van der Waals surface area contributed by atoms with E-state index in [1.807, 2.05) is 36.6 Å². The Kier molecular flexibility index (Phi) is 4.90. The van der Waals surface area contributed by atoms with Gasteiger partial charge in [0.25, 0.3) is 5.91 Å². The average Bonchev–Trinajstić information content (AvgIpc) is 3.26. The lowest BCUT2D eigenvalue weighted by atomic mass is 10.2. The Morgan fingerprint density at radius 2 is 2.17 bits per heavy atom. The molecule has 3 aromatic rings. The lowest BCUT2D eigenvalue weighted by molar-refractivity contribution is -0.120. The molecule has 0 aliphatic rings. The van der Waals surface area contributed by atoms with Crippen molar-refractivity contribution in [3.05, 3.63) is 52.6 Å². The van der Waals surface area contributed by atoms with E-state index in [9.17, 15) is 9.59 Å². The van der Waals surface area contributed by atoms with Gasteiger partial charge in [-0.15, -0.1) is 11.3 Å². The van der Waals surface area contributed by atoms with Gasteiger partial charge >= 0.3 is 0 Å². The van der Waals surface area contributed by atoms with Crippen LogP contribution in [0.1, 0.15) is 34.9 Å². The Morgan fingerprint density at radius 1 is 1.33 bits per heavy atom. The van der Waals surface area contributed by atoms with Crippen molar-refractivity contribution in [3.8, 4) is 0 Å². The van der Waals surface area contributed by atoms with Crippen LogP contribution in [0.4, 0.5) is 0 Å². The number of hydrogen-bond acceptors (Lipinski definition) is 4. The summed E-state index contributed by atoms with van der Waals surface area (Å²) >= 11 is 1.50. The fourth-order valence-corrected chi connectivity index (χ4v) is 3.21. The Bertz CT molecular complexity index is 808. The first-order chi connectivity index (χ1) is 11.7. The van der Waals surface area contributed by atoms with Gasteiger partial charge in [-0.25, -0.2) is 4.98 Å². The monoisotopic (exact) mass is 342 g/mol. The molecule has 1 atom stereocenters. The SMILES string of the molecule is CC[C@H](NC(=O)CNC(=O)c1cc2ccccc2[nH]1)c1nccs1. The predicted octanol–water partition coefficient (Wildman–Crippen LogP) is 2.62. The number of thiazole rings is 1. The maximum absolute atomic E-state index is 12.2. The molecular formula is C17H18N4O2S. The number of amides is 2. The van der Waals surface area contributed by atoms with E-state index in [0.29, 0.717) is 5.69 Å². The van der Waals surface area contributed by atoms with Crippen molar-refractivity contribution in [3.63, 3.8) is 0 Å². The number of fused-ring (bicyclic) bond motifs is 1. The van der Waals surface area contributed by atoms with Crippen LogP contribution in [0.5, 0.6) is 0 Å². The van der Waals surface area contributed by atoms with Crippen LogP contribution in [0.25, 0.3) is 10.9 Å². The van der Waals surface area contributed by atoms with Crippen LogP contribution >= 0.6 is 11.3 Å². The molecule has 2 amide bonds. The number of benzene rings is 1. The standard InChI is InChI=1S/C17H18N4O2S/c1-2-12(17-18-7-8-24-17)21-15(22)10-19-16(23)14-9-11-5-3-4-6-13(11)20-14/h3-9,12,20H,2,10H2,1H3,(H,19,23)(H,21,22)/t12-/m0/s1. The van der Waals surface area contributed by atoms with Gasteiger partial charge in [0, 0.05) is 22.5 Å². The van der Waals surface area contributed by atoms with Crippen LogP contribution in [0.2, 0.25) is 0 Å². The van der Waals surface area contributed by atoms with Gasteiger partial charge in [-0.3, -0.25) is 9.59 Å². The minimum atomic E-state index is -0.302. The summed E-state index contributed by atoms with van der Waals surface area (Å²) in [6.45, 7) is 1.91. The van der Waals surface area contributed by atoms with Gasteiger partial charge < -0.3 is 15.6 Å². The van der Waals surface area contributed by atoms with Crippen LogP contribution in [0, 0.1) is 0 Å². The van der Waals surface area contributed by atoms with E-state index < -0.39 is 0 Å². The molecule has 3 rings (SSSR count). The number of carbonyl (C=O) groups excluding carboxylic acids is 2. The van der Waals surface area contributed by atoms with Gasteiger partial charge in [-0.1, -0.05) is 25.1 Å². The second kappa shape index (κ2) is 7.27. The first-order valence-electron chi connectivity index (χ1n) is 7.72. The zero-order chi connectivity index (χ0) is 16.9. The van der Waals surface area contributed by atoms with Crippen molar-refractivity contribution in [2.75, 3.05) is 6.54 Å². The molecule has 0 aliphatic carbocycles. The highest BCUT2D eigenvalue weighted by Crippen LogP contribution is 2.18. The molecule has 24 heavy (non-hydrogen) atoms. The van der Waals surface area contributed by atoms with Gasteiger partial charge in [0.1, 0.15) is 10.7 Å². The van der Waals surface area contributed by atoms with Crippen molar-refractivity contribution in [2.24, 2.45) is 0 Å². The van der Waals surface area contributed by atoms with Crippen LogP contribution in [0.3, 0.4) is 0 Å². The number of aromatic amines is 1. The van der Waals surface area contributed by atoms with E-state index in [-0.39, 0.29) is 24.4 Å². The van der Waals surface area contributed by atoms with Gasteiger partial charge in [-0.05, 0) is 18.6 Å². The summed E-state index contributed by atoms with van der Waals surface area (Å²) in [5.74, 6) is -0.537. The summed E-state index contributed by atoms with van der Waals surface area (Å²) in [4.78, 5) is 31.5. The third-order valence-corrected chi connectivity index (χ3v) is 4.57. The van der Waals surface area contributed by atoms with Crippen molar-refractivity contribution >= 4 is 34.1 Å². The Labute approximate surface area is 143 Å². The predicted molar refractivity (Wildman–Crippen MR) is 93.9 cm³/mol. The Morgan fingerprint density at radius 3 is 2.88 bits per heavy atom. The molecular weight excluding hydrogens is 324 g/mol. The molecule has 1 aromatic carbocycles. The molecule has 2 heterocycles. The normalized spacial score (nSPS) is 12.0. The quantitative estimate of drug-likeness (QED) is 0.643. The number of H-pyrrole nitrogens is 1. The number of nitrogens with one attached hydrogen (secondary N) is 3.